The molecule has 2 aromatic carbocycles. The Morgan fingerprint density at radius 1 is 1.10 bits per heavy atom. The Bertz CT molecular complexity index is 537. The average molecular weight is 335 g/mol. The largest absolute Gasteiger partial charge is 0.496 e. The van der Waals surface area contributed by atoms with Gasteiger partial charge in [0.1, 0.15) is 5.75 Å². The normalized spacial score (nSPS) is 12.2. The highest BCUT2D eigenvalue weighted by Gasteiger charge is 2.12. The van der Waals surface area contributed by atoms with E-state index in [1.54, 1.807) is 7.11 Å². The third kappa shape index (κ3) is 3.84. The van der Waals surface area contributed by atoms with Gasteiger partial charge in [0.2, 0.25) is 0 Å². The first-order chi connectivity index (χ1) is 9.74. The van der Waals surface area contributed by atoms with Gasteiger partial charge in [-0.05, 0) is 42.2 Å². The molecule has 2 nitrogen and oxygen atoms in total. The van der Waals surface area contributed by atoms with Crippen molar-refractivity contribution < 1.29 is 9.84 Å². The smallest absolute Gasteiger partial charge is 0.122 e. The van der Waals surface area contributed by atoms with E-state index in [-0.39, 0.29) is 12.5 Å². The van der Waals surface area contributed by atoms with Crippen LogP contribution in [0, 0.1) is 0 Å². The van der Waals surface area contributed by atoms with E-state index in [9.17, 15) is 5.11 Å². The summed E-state index contributed by atoms with van der Waals surface area (Å²) in [6.45, 7) is 0.163. The lowest BCUT2D eigenvalue weighted by Gasteiger charge is -2.16. The lowest BCUT2D eigenvalue weighted by molar-refractivity contribution is 0.259. The molecule has 106 valence electrons. The van der Waals surface area contributed by atoms with Crippen LogP contribution < -0.4 is 4.74 Å². The summed E-state index contributed by atoms with van der Waals surface area (Å²) < 4.78 is 6.42. The van der Waals surface area contributed by atoms with Crippen molar-refractivity contribution in [2.24, 2.45) is 0 Å². The van der Waals surface area contributed by atoms with Crippen LogP contribution in [0.25, 0.3) is 0 Å². The Labute approximate surface area is 128 Å². The number of methoxy groups -OCH3 is 1. The zero-order valence-electron chi connectivity index (χ0n) is 11.6. The van der Waals surface area contributed by atoms with Gasteiger partial charge in [-0.2, -0.15) is 0 Å². The maximum Gasteiger partial charge on any atom is 0.122 e. The van der Waals surface area contributed by atoms with Crippen molar-refractivity contribution in [1.29, 1.82) is 0 Å². The molecule has 0 fully saturated rings. The van der Waals surface area contributed by atoms with E-state index in [0.29, 0.717) is 0 Å². The maximum atomic E-state index is 9.61. The molecule has 1 unspecified atom stereocenters. The van der Waals surface area contributed by atoms with Crippen molar-refractivity contribution in [2.45, 2.75) is 18.8 Å². The highest BCUT2D eigenvalue weighted by Crippen LogP contribution is 2.26. The van der Waals surface area contributed by atoms with Gasteiger partial charge in [-0.3, -0.25) is 0 Å². The van der Waals surface area contributed by atoms with Crippen LogP contribution in [-0.4, -0.2) is 18.8 Å². The Morgan fingerprint density at radius 2 is 1.80 bits per heavy atom. The van der Waals surface area contributed by atoms with Crippen LogP contribution in [0.2, 0.25) is 0 Å². The van der Waals surface area contributed by atoms with Crippen molar-refractivity contribution in [1.82, 2.24) is 0 Å². The summed E-state index contributed by atoms with van der Waals surface area (Å²) in [6, 6.07) is 16.2. The average Bonchev–Trinajstić information content (AvgIpc) is 2.50. The van der Waals surface area contributed by atoms with Gasteiger partial charge in [0, 0.05) is 17.0 Å². The molecule has 0 saturated heterocycles. The molecule has 20 heavy (non-hydrogen) atoms. The number of aryl methyl sites for hydroxylation is 1. The Hall–Kier alpha value is -1.32. The fraction of sp³-hybridized carbons (Fsp3) is 0.294. The van der Waals surface area contributed by atoms with Gasteiger partial charge in [-0.1, -0.05) is 46.3 Å². The minimum Gasteiger partial charge on any atom is -0.496 e. The second kappa shape index (κ2) is 7.46. The number of aliphatic hydroxyl groups excluding tert-OH is 1. The summed E-state index contributed by atoms with van der Waals surface area (Å²) in [7, 11) is 1.69. The number of benzene rings is 2. The van der Waals surface area contributed by atoms with E-state index in [0.717, 1.165) is 23.1 Å². The predicted octanol–water partition coefficient (Wildman–Crippen LogP) is 4.17. The monoisotopic (exact) mass is 334 g/mol. The van der Waals surface area contributed by atoms with Crippen molar-refractivity contribution in [3.05, 3.63) is 64.1 Å². The van der Waals surface area contributed by atoms with Crippen molar-refractivity contribution in [2.75, 3.05) is 13.7 Å². The van der Waals surface area contributed by atoms with E-state index in [4.69, 9.17) is 4.74 Å². The van der Waals surface area contributed by atoms with Gasteiger partial charge < -0.3 is 9.84 Å². The molecule has 0 bridgehead atoms. The number of para-hydroxylation sites is 1. The molecule has 0 aliphatic heterocycles. The fourth-order valence-corrected chi connectivity index (χ4v) is 2.60. The maximum absolute atomic E-state index is 9.61. The number of ether oxygens (including phenoxy) is 1. The van der Waals surface area contributed by atoms with Gasteiger partial charge >= 0.3 is 0 Å². The third-order valence-corrected chi connectivity index (χ3v) is 4.05. The molecule has 0 aliphatic rings. The summed E-state index contributed by atoms with van der Waals surface area (Å²) in [5, 5.41) is 9.61. The fourth-order valence-electron chi connectivity index (χ4n) is 2.34. The minimum absolute atomic E-state index is 0.160. The second-order valence-electron chi connectivity index (χ2n) is 4.78. The number of hydrogen-bond acceptors (Lipinski definition) is 2. The van der Waals surface area contributed by atoms with Gasteiger partial charge in [-0.25, -0.2) is 0 Å². The quantitative estimate of drug-likeness (QED) is 0.859. The van der Waals surface area contributed by atoms with Gasteiger partial charge in [0.05, 0.1) is 7.11 Å². The molecule has 0 heterocycles. The summed E-state index contributed by atoms with van der Waals surface area (Å²) in [4.78, 5) is 0. The van der Waals surface area contributed by atoms with Gasteiger partial charge in [-0.15, -0.1) is 0 Å². The number of rotatable bonds is 6. The van der Waals surface area contributed by atoms with Crippen LogP contribution in [0.3, 0.4) is 0 Å². The second-order valence-corrected chi connectivity index (χ2v) is 5.70. The standard InChI is InChI=1S/C17H19BrO2/c1-20-17-5-3-2-4-14(17)6-7-15(12-19)13-8-10-16(18)11-9-13/h2-5,8-11,15,19H,6-7,12H2,1H3. The van der Waals surface area contributed by atoms with Crippen LogP contribution in [-0.2, 0) is 6.42 Å². The minimum atomic E-state index is 0.160. The number of aliphatic hydroxyl groups is 1. The number of halogens is 1. The zero-order valence-corrected chi connectivity index (χ0v) is 13.1. The molecule has 0 aliphatic carbocycles. The lowest BCUT2D eigenvalue weighted by Crippen LogP contribution is -2.06. The van der Waals surface area contributed by atoms with Crippen LogP contribution in [0.5, 0.6) is 5.75 Å². The molecular weight excluding hydrogens is 316 g/mol. The molecule has 1 atom stereocenters. The highest BCUT2D eigenvalue weighted by molar-refractivity contribution is 9.10. The summed E-state index contributed by atoms with van der Waals surface area (Å²) in [5.74, 6) is 1.08. The van der Waals surface area contributed by atoms with Crippen molar-refractivity contribution >= 4 is 15.9 Å². The van der Waals surface area contributed by atoms with Crippen LogP contribution >= 0.6 is 15.9 Å². The Kier molecular flexibility index (Phi) is 5.62. The Morgan fingerprint density at radius 3 is 2.45 bits per heavy atom. The van der Waals surface area contributed by atoms with E-state index >= 15 is 0 Å². The first kappa shape index (κ1) is 15.1. The molecule has 0 spiro atoms. The summed E-state index contributed by atoms with van der Waals surface area (Å²) in [6.07, 6.45) is 1.80. The first-order valence-electron chi connectivity index (χ1n) is 6.73. The highest BCUT2D eigenvalue weighted by atomic mass is 79.9. The van der Waals surface area contributed by atoms with E-state index in [1.165, 1.54) is 11.1 Å². The lowest BCUT2D eigenvalue weighted by atomic mass is 9.93. The third-order valence-electron chi connectivity index (χ3n) is 3.52. The molecule has 0 radical (unpaired) electrons. The SMILES string of the molecule is COc1ccccc1CCC(CO)c1ccc(Br)cc1. The number of hydrogen-bond donors (Lipinski definition) is 1. The van der Waals surface area contributed by atoms with E-state index in [1.807, 2.05) is 30.3 Å². The van der Waals surface area contributed by atoms with E-state index in [2.05, 4.69) is 34.1 Å². The first-order valence-corrected chi connectivity index (χ1v) is 7.52. The van der Waals surface area contributed by atoms with Gasteiger partial charge in [0.15, 0.2) is 0 Å². The molecule has 1 N–H and O–H groups in total. The summed E-state index contributed by atoms with van der Waals surface area (Å²) >= 11 is 3.43. The molecule has 2 rings (SSSR count). The molecule has 0 amide bonds. The van der Waals surface area contributed by atoms with Gasteiger partial charge in [0.25, 0.3) is 0 Å². The van der Waals surface area contributed by atoms with Crippen molar-refractivity contribution in [3.8, 4) is 5.75 Å². The predicted molar refractivity (Wildman–Crippen MR) is 85.3 cm³/mol. The molecular formula is C17H19BrO2. The van der Waals surface area contributed by atoms with Crippen LogP contribution in [0.15, 0.2) is 53.0 Å². The van der Waals surface area contributed by atoms with E-state index < -0.39 is 0 Å². The van der Waals surface area contributed by atoms with Crippen LogP contribution in [0.4, 0.5) is 0 Å². The van der Waals surface area contributed by atoms with Crippen LogP contribution in [0.1, 0.15) is 23.5 Å². The molecule has 0 saturated carbocycles. The molecule has 3 heteroatoms. The molecule has 2 aromatic rings. The summed E-state index contributed by atoms with van der Waals surface area (Å²) in [5.41, 5.74) is 2.36. The Balaban J connectivity index is 2.05. The zero-order chi connectivity index (χ0) is 14.4. The molecule has 0 aromatic heterocycles. The topological polar surface area (TPSA) is 29.5 Å². The van der Waals surface area contributed by atoms with Crippen molar-refractivity contribution in [3.63, 3.8) is 0 Å².